The van der Waals surface area contributed by atoms with Crippen molar-refractivity contribution >= 4 is 23.4 Å². The Kier molecular flexibility index (Phi) is 14.7. The van der Waals surface area contributed by atoms with Crippen molar-refractivity contribution in [2.24, 2.45) is 17.3 Å². The number of hydrogen-bond donors (Lipinski definition) is 1. The number of benzene rings is 1. The van der Waals surface area contributed by atoms with E-state index < -0.39 is 41.4 Å². The highest BCUT2D eigenvalue weighted by Crippen LogP contribution is 2.38. The molecule has 2 heterocycles. The molecule has 268 valence electrons. The monoisotopic (exact) mass is 681 g/mol. The van der Waals surface area contributed by atoms with Crippen molar-refractivity contribution < 1.29 is 33.6 Å². The number of methoxy groups -OCH3 is 1. The summed E-state index contributed by atoms with van der Waals surface area (Å²) in [5.41, 5.74) is -1.29. The van der Waals surface area contributed by atoms with Crippen molar-refractivity contribution in [3.05, 3.63) is 34.9 Å². The lowest BCUT2D eigenvalue weighted by molar-refractivity contribution is -0.295. The van der Waals surface area contributed by atoms with Crippen LogP contribution in [0.4, 0.5) is 0 Å². The number of Topliss-reactive ketones (excluding diaryl/α,β-unsaturated/α-hetero) is 1. The normalized spacial score (nSPS) is 34.6. The van der Waals surface area contributed by atoms with E-state index in [1.165, 1.54) is 0 Å². The summed E-state index contributed by atoms with van der Waals surface area (Å²) in [6.45, 7) is 14.9. The molecular weight excluding hydrogens is 622 g/mol. The van der Waals surface area contributed by atoms with Crippen LogP contribution in [0.15, 0.2) is 24.3 Å². The first-order chi connectivity index (χ1) is 22.0. The van der Waals surface area contributed by atoms with Crippen LogP contribution in [0.3, 0.4) is 0 Å². The Morgan fingerprint density at radius 1 is 1.11 bits per heavy atom. The van der Waals surface area contributed by atoms with Crippen LogP contribution in [0.1, 0.15) is 66.4 Å². The van der Waals surface area contributed by atoms with Crippen LogP contribution in [-0.4, -0.2) is 129 Å². The number of aliphatic hydroxyl groups excluding tert-OH is 1. The van der Waals surface area contributed by atoms with Crippen molar-refractivity contribution in [2.75, 3.05) is 61.0 Å². The number of nitrogens with zero attached hydrogens (tertiary/aromatic N) is 3. The molecule has 2 fully saturated rings. The molecule has 10 nitrogen and oxygen atoms in total. The maximum Gasteiger partial charge on any atom is 0.319 e. The Balaban J connectivity index is 1.93. The van der Waals surface area contributed by atoms with Gasteiger partial charge in [-0.3, -0.25) is 14.5 Å². The fourth-order valence-electron chi connectivity index (χ4n) is 7.27. The Morgan fingerprint density at radius 2 is 1.81 bits per heavy atom. The summed E-state index contributed by atoms with van der Waals surface area (Å²) in [5.74, 6) is -1.50. The molecule has 1 aromatic rings. The fraction of sp³-hybridized carbons (Fsp3) is 0.778. The SMILES string of the molecule is CO[C@]1(C)C[C@@H](C)CN(C)CCCN(Cc2cccc(Cl)c2)CCOC(=O)C(C)(C)C(=O)[C@H](C)[C@H]1O[C@@H]1O[C@H](C)C[C@H](N(C)C)[C@H]1O. The molecule has 0 aromatic heterocycles. The Morgan fingerprint density at radius 3 is 2.45 bits per heavy atom. The quantitative estimate of drug-likeness (QED) is 0.341. The van der Waals surface area contributed by atoms with E-state index in [0.717, 1.165) is 31.6 Å². The molecule has 0 radical (unpaired) electrons. The summed E-state index contributed by atoms with van der Waals surface area (Å²) in [7, 11) is 7.59. The number of carbonyl (C=O) groups excluding carboxylic acids is 2. The lowest BCUT2D eigenvalue weighted by Crippen LogP contribution is -2.59. The van der Waals surface area contributed by atoms with Crippen LogP contribution in [0.5, 0.6) is 0 Å². The van der Waals surface area contributed by atoms with E-state index in [9.17, 15) is 14.7 Å². The van der Waals surface area contributed by atoms with Gasteiger partial charge in [-0.25, -0.2) is 0 Å². The molecule has 11 heteroatoms. The van der Waals surface area contributed by atoms with Gasteiger partial charge in [-0.2, -0.15) is 0 Å². The van der Waals surface area contributed by atoms with E-state index in [0.29, 0.717) is 31.0 Å². The van der Waals surface area contributed by atoms with Gasteiger partial charge < -0.3 is 33.9 Å². The van der Waals surface area contributed by atoms with Crippen LogP contribution < -0.4 is 0 Å². The number of carbonyl (C=O) groups is 2. The second-order valence-corrected chi connectivity index (χ2v) is 15.3. The molecule has 1 aromatic carbocycles. The molecule has 0 saturated carbocycles. The summed E-state index contributed by atoms with van der Waals surface area (Å²) in [6, 6.07) is 7.61. The van der Waals surface area contributed by atoms with Gasteiger partial charge in [0.2, 0.25) is 0 Å². The van der Waals surface area contributed by atoms with E-state index in [1.54, 1.807) is 27.9 Å². The lowest BCUT2D eigenvalue weighted by Gasteiger charge is -2.47. The van der Waals surface area contributed by atoms with Gasteiger partial charge >= 0.3 is 5.97 Å². The molecule has 0 amide bonds. The van der Waals surface area contributed by atoms with Crippen LogP contribution >= 0.6 is 11.6 Å². The summed E-state index contributed by atoms with van der Waals surface area (Å²) < 4.78 is 24.8. The third-order valence-corrected chi connectivity index (χ3v) is 10.2. The summed E-state index contributed by atoms with van der Waals surface area (Å²) in [4.78, 5) is 34.4. The molecular formula is C36H60ClN3O7. The van der Waals surface area contributed by atoms with Gasteiger partial charge in [-0.15, -0.1) is 0 Å². The van der Waals surface area contributed by atoms with Crippen LogP contribution in [0.25, 0.3) is 0 Å². The number of halogens is 1. The van der Waals surface area contributed by atoms with Gasteiger partial charge in [-0.05, 0) is 105 Å². The van der Waals surface area contributed by atoms with Crippen molar-refractivity contribution in [2.45, 2.75) is 104 Å². The van der Waals surface area contributed by atoms with Gasteiger partial charge in [0.05, 0.1) is 17.8 Å². The summed E-state index contributed by atoms with van der Waals surface area (Å²) in [6.07, 6.45) is -0.753. The van der Waals surface area contributed by atoms with Crippen molar-refractivity contribution in [1.29, 1.82) is 0 Å². The van der Waals surface area contributed by atoms with E-state index >= 15 is 0 Å². The number of hydrogen-bond acceptors (Lipinski definition) is 10. The maximum atomic E-state index is 14.3. The molecule has 0 aliphatic carbocycles. The highest BCUT2D eigenvalue weighted by molar-refractivity contribution is 6.30. The zero-order valence-corrected chi connectivity index (χ0v) is 31.1. The Hall–Kier alpha value is -1.63. The number of rotatable bonds is 6. The second kappa shape index (κ2) is 17.3. The third-order valence-electron chi connectivity index (χ3n) is 9.95. The average Bonchev–Trinajstić information content (AvgIpc) is 2.99. The zero-order chi connectivity index (χ0) is 35.1. The van der Waals surface area contributed by atoms with E-state index in [4.69, 9.17) is 30.5 Å². The molecule has 8 atom stereocenters. The minimum atomic E-state index is -1.45. The van der Waals surface area contributed by atoms with Crippen molar-refractivity contribution in [3.8, 4) is 0 Å². The predicted molar refractivity (Wildman–Crippen MR) is 184 cm³/mol. The minimum absolute atomic E-state index is 0.152. The number of cyclic esters (lactones) is 1. The lowest BCUT2D eigenvalue weighted by atomic mass is 9.74. The zero-order valence-electron chi connectivity index (χ0n) is 30.3. The highest BCUT2D eigenvalue weighted by atomic mass is 35.5. The summed E-state index contributed by atoms with van der Waals surface area (Å²) in [5, 5.41) is 12.0. The first kappa shape index (κ1) is 39.8. The fourth-order valence-corrected chi connectivity index (χ4v) is 7.48. The second-order valence-electron chi connectivity index (χ2n) is 14.9. The first-order valence-electron chi connectivity index (χ1n) is 17.1. The number of esters is 1. The number of ether oxygens (including phenoxy) is 4. The van der Waals surface area contributed by atoms with Crippen LogP contribution in [0, 0.1) is 17.3 Å². The van der Waals surface area contributed by atoms with E-state index in [2.05, 4.69) is 23.8 Å². The molecule has 2 aliphatic heterocycles. The Labute approximate surface area is 288 Å². The molecule has 0 spiro atoms. The number of aliphatic hydroxyl groups is 1. The summed E-state index contributed by atoms with van der Waals surface area (Å²) >= 11 is 6.25. The molecule has 1 N–H and O–H groups in total. The molecule has 0 bridgehead atoms. The van der Waals surface area contributed by atoms with Gasteiger partial charge in [0.25, 0.3) is 0 Å². The minimum Gasteiger partial charge on any atom is -0.464 e. The highest BCUT2D eigenvalue weighted by Gasteiger charge is 2.51. The smallest absolute Gasteiger partial charge is 0.319 e. The largest absolute Gasteiger partial charge is 0.464 e. The van der Waals surface area contributed by atoms with Gasteiger partial charge in [0.15, 0.2) is 12.1 Å². The van der Waals surface area contributed by atoms with Gasteiger partial charge in [0, 0.05) is 43.7 Å². The molecule has 3 rings (SSSR count). The third kappa shape index (κ3) is 10.7. The molecule has 0 unspecified atom stereocenters. The molecule has 47 heavy (non-hydrogen) atoms. The van der Waals surface area contributed by atoms with E-state index in [-0.39, 0.29) is 30.5 Å². The number of likely N-dealkylation sites (N-methyl/N-ethyl adjacent to an activating group) is 1. The van der Waals surface area contributed by atoms with Gasteiger partial charge in [0.1, 0.15) is 18.1 Å². The molecule has 2 saturated heterocycles. The van der Waals surface area contributed by atoms with Crippen molar-refractivity contribution in [1.82, 2.24) is 14.7 Å². The number of ketones is 1. The van der Waals surface area contributed by atoms with Crippen LogP contribution in [0.2, 0.25) is 5.02 Å². The standard InChI is InChI=1S/C36H60ClN3O7/c1-24-21-36(6,44-10)32(47-33-30(41)29(38(7)8)19-25(2)46-33)26(3)31(42)35(4,5)34(43)45-18-17-40(16-12-15-39(9)22-24)23-27-13-11-14-28(37)20-27/h11,13-14,20,24-26,29-30,32-33,41H,12,15-19,21-23H2,1-10H3/t24-,25-,26+,29+,30-,32-,33+,36-/m1/s1. The van der Waals surface area contributed by atoms with E-state index in [1.807, 2.05) is 57.1 Å². The Bertz CT molecular complexity index is 1170. The first-order valence-corrected chi connectivity index (χ1v) is 17.4. The van der Waals surface area contributed by atoms with Crippen molar-refractivity contribution in [3.63, 3.8) is 0 Å². The van der Waals surface area contributed by atoms with Gasteiger partial charge in [-0.1, -0.05) is 37.6 Å². The molecule has 2 aliphatic rings. The van der Waals surface area contributed by atoms with Crippen LogP contribution in [-0.2, 0) is 35.1 Å². The topological polar surface area (TPSA) is 101 Å². The maximum absolute atomic E-state index is 14.3. The predicted octanol–water partition coefficient (Wildman–Crippen LogP) is 4.49. The average molecular weight is 682 g/mol.